The van der Waals surface area contributed by atoms with E-state index >= 15 is 0 Å². The highest BCUT2D eigenvalue weighted by atomic mass is 79.9. The van der Waals surface area contributed by atoms with Crippen LogP contribution in [0.1, 0.15) is 20.8 Å². The molecule has 0 aromatic carbocycles. The molecule has 0 unspecified atom stereocenters. The lowest BCUT2D eigenvalue weighted by atomic mass is 10.2. The van der Waals surface area contributed by atoms with Crippen molar-refractivity contribution < 1.29 is 14.7 Å². The number of carboxylic acid groups (broad SMARTS) is 1. The van der Waals surface area contributed by atoms with Gasteiger partial charge in [-0.15, -0.1) is 0 Å². The summed E-state index contributed by atoms with van der Waals surface area (Å²) in [4.78, 5) is 24.7. The molecule has 1 aromatic heterocycles. The summed E-state index contributed by atoms with van der Waals surface area (Å²) in [5.74, 6) is -1.81. The van der Waals surface area contributed by atoms with Gasteiger partial charge in [-0.25, -0.2) is 9.78 Å². The second-order valence-electron chi connectivity index (χ2n) is 2.22. The highest BCUT2D eigenvalue weighted by Crippen LogP contribution is 2.15. The molecule has 0 saturated heterocycles. The average molecular weight is 245 g/mol. The van der Waals surface area contributed by atoms with Gasteiger partial charge in [-0.05, 0) is 22.0 Å². The smallest absolute Gasteiger partial charge is 0.355 e. The molecule has 1 heterocycles. The van der Waals surface area contributed by atoms with Crippen LogP contribution in [0.2, 0.25) is 0 Å². The zero-order chi connectivity index (χ0) is 10.0. The Bertz CT molecular complexity index is 378. The number of nitrogens with zero attached hydrogens (tertiary/aromatic N) is 1. The van der Waals surface area contributed by atoms with Gasteiger partial charge in [0.05, 0.1) is 10.0 Å². The van der Waals surface area contributed by atoms with Gasteiger partial charge in [-0.3, -0.25) is 4.79 Å². The maximum absolute atomic E-state index is 10.6. The summed E-state index contributed by atoms with van der Waals surface area (Å²) in [6, 6.07) is 1.32. The Kier molecular flexibility index (Phi) is 2.62. The predicted octanol–water partition coefficient (Wildman–Crippen LogP) is 0.641. The van der Waals surface area contributed by atoms with Gasteiger partial charge in [0.15, 0.2) is 5.69 Å². The van der Waals surface area contributed by atoms with Gasteiger partial charge in [-0.1, -0.05) is 0 Å². The maximum Gasteiger partial charge on any atom is 0.355 e. The molecule has 5 nitrogen and oxygen atoms in total. The number of carbonyl (C=O) groups excluding carboxylic acids is 1. The lowest BCUT2D eigenvalue weighted by molar-refractivity contribution is 0.0688. The van der Waals surface area contributed by atoms with Gasteiger partial charge in [0.25, 0.3) is 0 Å². The van der Waals surface area contributed by atoms with E-state index in [1.54, 1.807) is 0 Å². The van der Waals surface area contributed by atoms with E-state index in [4.69, 9.17) is 10.8 Å². The first-order valence-electron chi connectivity index (χ1n) is 3.21. The molecular formula is C7H5BrN2O3. The maximum atomic E-state index is 10.6. The van der Waals surface area contributed by atoms with Crippen molar-refractivity contribution in [1.82, 2.24) is 4.98 Å². The molecule has 0 bridgehead atoms. The van der Waals surface area contributed by atoms with Gasteiger partial charge in [0.2, 0.25) is 5.91 Å². The number of pyridine rings is 1. The first kappa shape index (κ1) is 9.66. The number of amides is 1. The summed E-state index contributed by atoms with van der Waals surface area (Å²) in [7, 11) is 0. The first-order valence-corrected chi connectivity index (χ1v) is 4.00. The van der Waals surface area contributed by atoms with Crippen LogP contribution in [-0.4, -0.2) is 22.0 Å². The molecule has 0 atom stereocenters. The summed E-state index contributed by atoms with van der Waals surface area (Å²) in [6.07, 6.45) is 1.12. The van der Waals surface area contributed by atoms with Crippen molar-refractivity contribution in [3.05, 3.63) is 28.0 Å². The number of hydrogen-bond acceptors (Lipinski definition) is 3. The number of carboxylic acids is 1. The van der Waals surface area contributed by atoms with E-state index in [1.807, 2.05) is 0 Å². The van der Waals surface area contributed by atoms with Crippen molar-refractivity contribution in [2.24, 2.45) is 5.73 Å². The van der Waals surface area contributed by atoms with Crippen LogP contribution in [-0.2, 0) is 0 Å². The molecule has 6 heteroatoms. The van der Waals surface area contributed by atoms with Crippen molar-refractivity contribution in [3.63, 3.8) is 0 Å². The van der Waals surface area contributed by atoms with Gasteiger partial charge >= 0.3 is 5.97 Å². The summed E-state index contributed by atoms with van der Waals surface area (Å²) < 4.78 is 0.233. The standard InChI is InChI=1S/C7H5BrN2O3/c8-4-1-3(6(9)11)2-10-5(4)7(12)13/h1-2H,(H2,9,11)(H,12,13). The molecule has 68 valence electrons. The number of aromatic nitrogens is 1. The van der Waals surface area contributed by atoms with Crippen molar-refractivity contribution >= 4 is 27.8 Å². The summed E-state index contributed by atoms with van der Waals surface area (Å²) in [5, 5.41) is 8.59. The minimum atomic E-state index is -1.16. The van der Waals surface area contributed by atoms with Crippen LogP contribution in [0.5, 0.6) is 0 Å². The van der Waals surface area contributed by atoms with E-state index in [0.29, 0.717) is 0 Å². The Hall–Kier alpha value is -1.43. The zero-order valence-electron chi connectivity index (χ0n) is 6.32. The van der Waals surface area contributed by atoms with Crippen molar-refractivity contribution in [1.29, 1.82) is 0 Å². The van der Waals surface area contributed by atoms with Crippen LogP contribution >= 0.6 is 15.9 Å². The quantitative estimate of drug-likeness (QED) is 0.799. The minimum Gasteiger partial charge on any atom is -0.476 e. The molecule has 1 aromatic rings. The number of primary amides is 1. The normalized spacial score (nSPS) is 9.62. The van der Waals surface area contributed by atoms with E-state index in [2.05, 4.69) is 20.9 Å². The molecule has 1 amide bonds. The number of halogens is 1. The van der Waals surface area contributed by atoms with Gasteiger partial charge in [-0.2, -0.15) is 0 Å². The molecule has 0 saturated carbocycles. The van der Waals surface area contributed by atoms with Crippen LogP contribution in [0.4, 0.5) is 0 Å². The van der Waals surface area contributed by atoms with Gasteiger partial charge in [0, 0.05) is 6.20 Å². The van der Waals surface area contributed by atoms with E-state index in [1.165, 1.54) is 6.07 Å². The number of rotatable bonds is 2. The zero-order valence-corrected chi connectivity index (χ0v) is 7.91. The second-order valence-corrected chi connectivity index (χ2v) is 3.08. The molecule has 13 heavy (non-hydrogen) atoms. The summed E-state index contributed by atoms with van der Waals surface area (Å²) in [6.45, 7) is 0. The molecule has 1 rings (SSSR count). The third kappa shape index (κ3) is 2.03. The van der Waals surface area contributed by atoms with E-state index in [-0.39, 0.29) is 15.7 Å². The van der Waals surface area contributed by atoms with Crippen LogP contribution in [0.15, 0.2) is 16.7 Å². The van der Waals surface area contributed by atoms with Crippen LogP contribution in [0, 0.1) is 0 Å². The average Bonchev–Trinajstić information content (AvgIpc) is 2.03. The number of aromatic carboxylic acids is 1. The Morgan fingerprint density at radius 3 is 2.54 bits per heavy atom. The lowest BCUT2D eigenvalue weighted by Crippen LogP contribution is -2.12. The van der Waals surface area contributed by atoms with Crippen LogP contribution < -0.4 is 5.73 Å². The van der Waals surface area contributed by atoms with Crippen molar-refractivity contribution in [2.45, 2.75) is 0 Å². The Morgan fingerprint density at radius 1 is 1.54 bits per heavy atom. The van der Waals surface area contributed by atoms with Gasteiger partial charge < -0.3 is 10.8 Å². The van der Waals surface area contributed by atoms with Gasteiger partial charge in [0.1, 0.15) is 0 Å². The highest BCUT2D eigenvalue weighted by molar-refractivity contribution is 9.10. The predicted molar refractivity (Wildman–Crippen MR) is 47.4 cm³/mol. The fourth-order valence-corrected chi connectivity index (χ4v) is 1.25. The number of nitrogens with two attached hydrogens (primary N) is 1. The van der Waals surface area contributed by atoms with Crippen LogP contribution in [0.25, 0.3) is 0 Å². The number of carbonyl (C=O) groups is 2. The minimum absolute atomic E-state index is 0.148. The van der Waals surface area contributed by atoms with Crippen molar-refractivity contribution in [2.75, 3.05) is 0 Å². The topological polar surface area (TPSA) is 93.3 Å². The SMILES string of the molecule is NC(=O)c1cnc(C(=O)O)c(Br)c1. The van der Waals surface area contributed by atoms with Crippen molar-refractivity contribution in [3.8, 4) is 0 Å². The largest absolute Gasteiger partial charge is 0.476 e. The summed E-state index contributed by atoms with van der Waals surface area (Å²) in [5.41, 5.74) is 4.98. The monoisotopic (exact) mass is 244 g/mol. The second kappa shape index (κ2) is 3.53. The van der Waals surface area contributed by atoms with E-state index < -0.39 is 11.9 Å². The third-order valence-electron chi connectivity index (χ3n) is 1.33. The van der Waals surface area contributed by atoms with E-state index in [0.717, 1.165) is 6.20 Å². The fraction of sp³-hybridized carbons (Fsp3) is 0. The summed E-state index contributed by atoms with van der Waals surface area (Å²) >= 11 is 2.96. The molecule has 3 N–H and O–H groups in total. The third-order valence-corrected chi connectivity index (χ3v) is 1.93. The molecule has 0 spiro atoms. The molecule has 0 fully saturated rings. The molecule has 0 aliphatic carbocycles. The molecule has 0 aliphatic rings. The first-order chi connectivity index (χ1) is 6.02. The Labute approximate surface area is 81.7 Å². The highest BCUT2D eigenvalue weighted by Gasteiger charge is 2.11. The van der Waals surface area contributed by atoms with Crippen LogP contribution in [0.3, 0.4) is 0 Å². The Morgan fingerprint density at radius 2 is 2.15 bits per heavy atom. The molecule has 0 radical (unpaired) electrons. The molecule has 0 aliphatic heterocycles. The number of hydrogen-bond donors (Lipinski definition) is 2. The fourth-order valence-electron chi connectivity index (χ4n) is 0.730. The molecular weight excluding hydrogens is 240 g/mol. The van der Waals surface area contributed by atoms with E-state index in [9.17, 15) is 9.59 Å². The lowest BCUT2D eigenvalue weighted by Gasteiger charge is -1.99. The Balaban J connectivity index is 3.20.